The van der Waals surface area contributed by atoms with Crippen LogP contribution in [0.2, 0.25) is 0 Å². The third-order valence-corrected chi connectivity index (χ3v) is 3.10. The van der Waals surface area contributed by atoms with Gasteiger partial charge in [0.1, 0.15) is 0 Å². The number of likely N-dealkylation sites (N-methyl/N-ethyl adjacent to an activating group) is 1. The fourth-order valence-electron chi connectivity index (χ4n) is 2.09. The predicted molar refractivity (Wildman–Crippen MR) is 55.0 cm³/mol. The summed E-state index contributed by atoms with van der Waals surface area (Å²) < 4.78 is 0. The highest BCUT2D eigenvalue weighted by Crippen LogP contribution is 2.10. The lowest BCUT2D eigenvalue weighted by molar-refractivity contribution is -0.123. The molecule has 2 aliphatic rings. The molecule has 4 heteroatoms. The van der Waals surface area contributed by atoms with Gasteiger partial charge in [-0.2, -0.15) is 0 Å². The van der Waals surface area contributed by atoms with Crippen molar-refractivity contribution in [2.45, 2.75) is 18.9 Å². The van der Waals surface area contributed by atoms with Crippen LogP contribution in [0, 0.1) is 5.92 Å². The molecule has 2 heterocycles. The van der Waals surface area contributed by atoms with Gasteiger partial charge in [-0.05, 0) is 39.0 Å². The minimum atomic E-state index is 0.233. The molecule has 0 spiro atoms. The van der Waals surface area contributed by atoms with Gasteiger partial charge in [0.05, 0.1) is 0 Å². The van der Waals surface area contributed by atoms with Crippen molar-refractivity contribution in [1.82, 2.24) is 15.5 Å². The van der Waals surface area contributed by atoms with E-state index in [1.54, 1.807) is 0 Å². The van der Waals surface area contributed by atoms with Crippen molar-refractivity contribution in [3.05, 3.63) is 0 Å². The summed E-state index contributed by atoms with van der Waals surface area (Å²) in [4.78, 5) is 13.8. The summed E-state index contributed by atoms with van der Waals surface area (Å²) in [6.45, 7) is 4.14. The highest BCUT2D eigenvalue weighted by molar-refractivity contribution is 5.76. The molecule has 0 aromatic carbocycles. The maximum absolute atomic E-state index is 11.6. The average Bonchev–Trinajstić information content (AvgIpc) is 2.44. The molecule has 0 aromatic heterocycles. The molecule has 14 heavy (non-hydrogen) atoms. The van der Waals surface area contributed by atoms with E-state index in [1.165, 1.54) is 0 Å². The normalized spacial score (nSPS) is 28.8. The van der Waals surface area contributed by atoms with Gasteiger partial charge in [-0.3, -0.25) is 4.79 Å². The maximum atomic E-state index is 11.6. The standard InChI is InChI=1S/C10H19N3O/c1-13-3-2-9(7-13)12-10(14)4-8-5-11-6-8/h8-9,11H,2-7H2,1H3,(H,12,14). The predicted octanol–water partition coefficient (Wildman–Crippen LogP) is -0.584. The molecule has 0 aliphatic carbocycles. The lowest BCUT2D eigenvalue weighted by Crippen LogP contribution is -2.46. The van der Waals surface area contributed by atoms with Gasteiger partial charge in [0.15, 0.2) is 0 Å². The smallest absolute Gasteiger partial charge is 0.220 e. The van der Waals surface area contributed by atoms with Crippen LogP contribution in [-0.2, 0) is 4.79 Å². The fourth-order valence-corrected chi connectivity index (χ4v) is 2.09. The number of nitrogens with one attached hydrogen (secondary N) is 2. The van der Waals surface area contributed by atoms with Crippen LogP contribution in [0.1, 0.15) is 12.8 Å². The van der Waals surface area contributed by atoms with Crippen molar-refractivity contribution in [2.75, 3.05) is 33.2 Å². The van der Waals surface area contributed by atoms with Crippen molar-refractivity contribution < 1.29 is 4.79 Å². The Kier molecular flexibility index (Phi) is 3.03. The molecule has 80 valence electrons. The van der Waals surface area contributed by atoms with Crippen LogP contribution >= 0.6 is 0 Å². The summed E-state index contributed by atoms with van der Waals surface area (Å²) in [5.41, 5.74) is 0. The van der Waals surface area contributed by atoms with E-state index in [2.05, 4.69) is 22.6 Å². The maximum Gasteiger partial charge on any atom is 0.220 e. The van der Waals surface area contributed by atoms with Crippen molar-refractivity contribution in [3.63, 3.8) is 0 Å². The minimum Gasteiger partial charge on any atom is -0.352 e. The molecule has 1 unspecified atom stereocenters. The number of nitrogens with zero attached hydrogens (tertiary/aromatic N) is 1. The molecule has 0 aromatic rings. The lowest BCUT2D eigenvalue weighted by atomic mass is 9.99. The van der Waals surface area contributed by atoms with Crippen LogP contribution in [0.5, 0.6) is 0 Å². The SMILES string of the molecule is CN1CCC(NC(=O)CC2CNC2)C1. The van der Waals surface area contributed by atoms with Crippen LogP contribution in [0.3, 0.4) is 0 Å². The van der Waals surface area contributed by atoms with Gasteiger partial charge in [-0.25, -0.2) is 0 Å². The first-order valence-electron chi connectivity index (χ1n) is 5.42. The van der Waals surface area contributed by atoms with Crippen LogP contribution in [0.15, 0.2) is 0 Å². The number of carbonyl (C=O) groups excluding carboxylic acids is 1. The Balaban J connectivity index is 1.66. The van der Waals surface area contributed by atoms with Crippen LogP contribution in [-0.4, -0.2) is 50.1 Å². The minimum absolute atomic E-state index is 0.233. The Labute approximate surface area is 85.0 Å². The first kappa shape index (κ1) is 9.93. The third kappa shape index (κ3) is 2.45. The molecular formula is C10H19N3O. The van der Waals surface area contributed by atoms with E-state index in [-0.39, 0.29) is 5.91 Å². The summed E-state index contributed by atoms with van der Waals surface area (Å²) >= 11 is 0. The van der Waals surface area contributed by atoms with Gasteiger partial charge in [0.25, 0.3) is 0 Å². The zero-order chi connectivity index (χ0) is 9.97. The van der Waals surface area contributed by atoms with Crippen molar-refractivity contribution >= 4 is 5.91 Å². The highest BCUT2D eigenvalue weighted by atomic mass is 16.1. The quantitative estimate of drug-likeness (QED) is 0.636. The molecule has 4 nitrogen and oxygen atoms in total. The van der Waals surface area contributed by atoms with Gasteiger partial charge in [-0.1, -0.05) is 0 Å². The monoisotopic (exact) mass is 197 g/mol. The van der Waals surface area contributed by atoms with Gasteiger partial charge in [0, 0.05) is 19.0 Å². The summed E-state index contributed by atoms with van der Waals surface area (Å²) in [7, 11) is 2.10. The van der Waals surface area contributed by atoms with Gasteiger partial charge < -0.3 is 15.5 Å². The summed E-state index contributed by atoms with van der Waals surface area (Å²) in [5.74, 6) is 0.811. The zero-order valence-corrected chi connectivity index (χ0v) is 8.75. The number of amides is 1. The largest absolute Gasteiger partial charge is 0.352 e. The van der Waals surface area contributed by atoms with Crippen LogP contribution < -0.4 is 10.6 Å². The number of rotatable bonds is 3. The molecule has 2 fully saturated rings. The number of carbonyl (C=O) groups is 1. The fraction of sp³-hybridized carbons (Fsp3) is 0.900. The second-order valence-corrected chi connectivity index (χ2v) is 4.54. The molecule has 0 radical (unpaired) electrons. The number of hydrogen-bond acceptors (Lipinski definition) is 3. The second-order valence-electron chi connectivity index (χ2n) is 4.54. The molecule has 2 N–H and O–H groups in total. The van der Waals surface area contributed by atoms with E-state index in [0.29, 0.717) is 18.4 Å². The second kappa shape index (κ2) is 4.28. The van der Waals surface area contributed by atoms with E-state index in [4.69, 9.17) is 0 Å². The van der Waals surface area contributed by atoms with E-state index >= 15 is 0 Å². The molecule has 2 aliphatic heterocycles. The van der Waals surface area contributed by atoms with Gasteiger partial charge in [0.2, 0.25) is 5.91 Å². The Morgan fingerprint density at radius 3 is 2.86 bits per heavy atom. The lowest BCUT2D eigenvalue weighted by Gasteiger charge is -2.26. The first-order valence-corrected chi connectivity index (χ1v) is 5.42. The van der Waals surface area contributed by atoms with E-state index in [0.717, 1.165) is 32.6 Å². The molecule has 1 amide bonds. The molecule has 0 bridgehead atoms. The Bertz CT molecular complexity index is 215. The Morgan fingerprint density at radius 2 is 2.36 bits per heavy atom. The van der Waals surface area contributed by atoms with Gasteiger partial charge >= 0.3 is 0 Å². The Hall–Kier alpha value is -0.610. The van der Waals surface area contributed by atoms with E-state index < -0.39 is 0 Å². The molecular weight excluding hydrogens is 178 g/mol. The van der Waals surface area contributed by atoms with Crippen molar-refractivity contribution in [2.24, 2.45) is 5.92 Å². The first-order chi connectivity index (χ1) is 6.74. The van der Waals surface area contributed by atoms with Crippen molar-refractivity contribution in [3.8, 4) is 0 Å². The van der Waals surface area contributed by atoms with Crippen LogP contribution in [0.25, 0.3) is 0 Å². The summed E-state index contributed by atoms with van der Waals surface area (Å²) in [6.07, 6.45) is 1.80. The van der Waals surface area contributed by atoms with Crippen molar-refractivity contribution in [1.29, 1.82) is 0 Å². The molecule has 2 rings (SSSR count). The number of hydrogen-bond donors (Lipinski definition) is 2. The van der Waals surface area contributed by atoms with Crippen LogP contribution in [0.4, 0.5) is 0 Å². The molecule has 0 saturated carbocycles. The zero-order valence-electron chi connectivity index (χ0n) is 8.75. The third-order valence-electron chi connectivity index (χ3n) is 3.10. The van der Waals surface area contributed by atoms with Gasteiger partial charge in [-0.15, -0.1) is 0 Å². The molecule has 1 atom stereocenters. The molecule has 2 saturated heterocycles. The summed E-state index contributed by atoms with van der Waals surface area (Å²) in [5, 5.41) is 6.28. The topological polar surface area (TPSA) is 44.4 Å². The van der Waals surface area contributed by atoms with E-state index in [9.17, 15) is 4.79 Å². The number of likely N-dealkylation sites (tertiary alicyclic amines) is 1. The van der Waals surface area contributed by atoms with E-state index in [1.807, 2.05) is 0 Å². The summed E-state index contributed by atoms with van der Waals surface area (Å²) in [6, 6.07) is 0.389. The highest BCUT2D eigenvalue weighted by Gasteiger charge is 2.24. The Morgan fingerprint density at radius 1 is 1.57 bits per heavy atom. The average molecular weight is 197 g/mol.